The van der Waals surface area contributed by atoms with Crippen molar-refractivity contribution in [2.45, 2.75) is 20.3 Å². The van der Waals surface area contributed by atoms with Crippen molar-refractivity contribution in [3.05, 3.63) is 76.2 Å². The summed E-state index contributed by atoms with van der Waals surface area (Å²) in [6, 6.07) is 11.1. The number of pyridine rings is 1. The van der Waals surface area contributed by atoms with Gasteiger partial charge in [-0.3, -0.25) is 19.9 Å². The fraction of sp³-hybridized carbons (Fsp3) is 0.211. The largest absolute Gasteiger partial charge is 0.355 e. The van der Waals surface area contributed by atoms with E-state index in [1.807, 2.05) is 26.0 Å². The van der Waals surface area contributed by atoms with Gasteiger partial charge < -0.3 is 9.84 Å². The predicted octanol–water partition coefficient (Wildman–Crippen LogP) is 3.64. The van der Waals surface area contributed by atoms with Gasteiger partial charge in [0.15, 0.2) is 11.5 Å². The molecule has 3 rings (SSSR count). The van der Waals surface area contributed by atoms with Crippen LogP contribution in [-0.2, 0) is 6.42 Å². The molecular weight excluding hydrogens is 348 g/mol. The van der Waals surface area contributed by atoms with Crippen LogP contribution >= 0.6 is 0 Å². The molecule has 2 heterocycles. The number of carbonyl (C=O) groups excluding carboxylic acids is 1. The van der Waals surface area contributed by atoms with Crippen molar-refractivity contribution in [2.75, 3.05) is 6.54 Å². The van der Waals surface area contributed by atoms with E-state index in [1.54, 1.807) is 24.5 Å². The predicted molar refractivity (Wildman–Crippen MR) is 100 cm³/mol. The van der Waals surface area contributed by atoms with Crippen molar-refractivity contribution in [3.8, 4) is 11.3 Å². The van der Waals surface area contributed by atoms with Crippen LogP contribution in [0.4, 0.5) is 5.69 Å². The third kappa shape index (κ3) is 5.46. The Balaban J connectivity index is 0.00000126. The highest BCUT2D eigenvalue weighted by atomic mass is 16.6. The lowest BCUT2D eigenvalue weighted by Crippen LogP contribution is -2.25. The number of carbonyl (C=O) groups is 1. The first kappa shape index (κ1) is 19.8. The molecule has 1 N–H and O–H groups in total. The molecule has 0 aliphatic rings. The Morgan fingerprint density at radius 3 is 2.44 bits per heavy atom. The minimum atomic E-state index is -0.480. The van der Waals surface area contributed by atoms with E-state index >= 15 is 0 Å². The summed E-state index contributed by atoms with van der Waals surface area (Å²) in [5.41, 5.74) is 1.82. The lowest BCUT2D eigenvalue weighted by atomic mass is 10.1. The Morgan fingerprint density at radius 1 is 1.15 bits per heavy atom. The van der Waals surface area contributed by atoms with E-state index in [0.717, 1.165) is 5.56 Å². The zero-order valence-corrected chi connectivity index (χ0v) is 15.1. The van der Waals surface area contributed by atoms with E-state index < -0.39 is 4.92 Å². The molecule has 0 bridgehead atoms. The molecule has 3 aromatic rings. The van der Waals surface area contributed by atoms with Crippen LogP contribution < -0.4 is 5.32 Å². The molecule has 0 saturated carbocycles. The van der Waals surface area contributed by atoms with Crippen molar-refractivity contribution >= 4 is 11.6 Å². The maximum absolute atomic E-state index is 12.1. The van der Waals surface area contributed by atoms with Crippen molar-refractivity contribution in [1.82, 2.24) is 15.5 Å². The second kappa shape index (κ2) is 9.81. The fourth-order valence-electron chi connectivity index (χ4n) is 2.23. The van der Waals surface area contributed by atoms with Gasteiger partial charge in [-0.2, -0.15) is 0 Å². The van der Waals surface area contributed by atoms with Crippen LogP contribution in [0.25, 0.3) is 11.3 Å². The number of nitrogens with one attached hydrogen (secondary N) is 1. The van der Waals surface area contributed by atoms with Crippen LogP contribution in [0.15, 0.2) is 59.4 Å². The third-order valence-corrected chi connectivity index (χ3v) is 3.55. The van der Waals surface area contributed by atoms with Crippen LogP contribution in [0.3, 0.4) is 0 Å². The molecule has 8 nitrogen and oxygen atoms in total. The standard InChI is InChI=1S/C17H14N4O4.C2H6/c22-17(19-10-7-12-5-8-18-9-6-12)15-11-16(25-20-15)13-1-3-14(4-2-13)21(23)24;1-2/h1-6,8-9,11H,7,10H2,(H,19,22);1-2H3. The van der Waals surface area contributed by atoms with Crippen LogP contribution in [-0.4, -0.2) is 27.5 Å². The first-order chi connectivity index (χ1) is 13.1. The molecule has 0 atom stereocenters. The number of aromatic nitrogens is 2. The zero-order valence-electron chi connectivity index (χ0n) is 15.1. The Labute approximate surface area is 156 Å². The number of amides is 1. The maximum atomic E-state index is 12.1. The molecule has 27 heavy (non-hydrogen) atoms. The number of nitrogens with zero attached hydrogens (tertiary/aromatic N) is 3. The minimum absolute atomic E-state index is 0.0163. The summed E-state index contributed by atoms with van der Waals surface area (Å²) in [6.45, 7) is 4.46. The highest BCUT2D eigenvalue weighted by Gasteiger charge is 2.14. The van der Waals surface area contributed by atoms with E-state index in [0.29, 0.717) is 24.3 Å². The summed E-state index contributed by atoms with van der Waals surface area (Å²) in [5.74, 6) is 0.0279. The number of rotatable bonds is 6. The Kier molecular flexibility index (Phi) is 7.18. The molecule has 1 aromatic carbocycles. The van der Waals surface area contributed by atoms with E-state index in [1.165, 1.54) is 18.2 Å². The average molecular weight is 368 g/mol. The number of benzene rings is 1. The van der Waals surface area contributed by atoms with Gasteiger partial charge in [-0.15, -0.1) is 0 Å². The van der Waals surface area contributed by atoms with Crippen LogP contribution in [0.1, 0.15) is 29.9 Å². The van der Waals surface area contributed by atoms with Crippen molar-refractivity contribution in [3.63, 3.8) is 0 Å². The van der Waals surface area contributed by atoms with E-state index in [2.05, 4.69) is 15.5 Å². The molecular formula is C19H20N4O4. The summed E-state index contributed by atoms with van der Waals surface area (Å²) < 4.78 is 5.15. The normalized spacial score (nSPS) is 9.85. The fourth-order valence-corrected chi connectivity index (χ4v) is 2.23. The van der Waals surface area contributed by atoms with Gasteiger partial charge in [-0.25, -0.2) is 0 Å². The Morgan fingerprint density at radius 2 is 1.81 bits per heavy atom. The molecule has 0 spiro atoms. The molecule has 140 valence electrons. The number of nitro groups is 1. The summed E-state index contributed by atoms with van der Waals surface area (Å²) in [4.78, 5) is 26.2. The molecule has 0 aliphatic heterocycles. The van der Waals surface area contributed by atoms with Gasteiger partial charge in [0.05, 0.1) is 4.92 Å². The molecule has 0 fully saturated rings. The Hall–Kier alpha value is -3.55. The van der Waals surface area contributed by atoms with Gasteiger partial charge >= 0.3 is 0 Å². The van der Waals surface area contributed by atoms with Gasteiger partial charge in [0, 0.05) is 42.7 Å². The van der Waals surface area contributed by atoms with Crippen LogP contribution in [0.5, 0.6) is 0 Å². The molecule has 1 amide bonds. The quantitative estimate of drug-likeness (QED) is 0.525. The number of hydrogen-bond acceptors (Lipinski definition) is 6. The third-order valence-electron chi connectivity index (χ3n) is 3.55. The Bertz CT molecular complexity index is 876. The van der Waals surface area contributed by atoms with Crippen LogP contribution in [0, 0.1) is 10.1 Å². The second-order valence-electron chi connectivity index (χ2n) is 5.24. The highest BCUT2D eigenvalue weighted by Crippen LogP contribution is 2.23. The molecule has 0 unspecified atom stereocenters. The lowest BCUT2D eigenvalue weighted by Gasteiger charge is -2.02. The smallest absolute Gasteiger partial charge is 0.273 e. The molecule has 0 aliphatic carbocycles. The maximum Gasteiger partial charge on any atom is 0.273 e. The lowest BCUT2D eigenvalue weighted by molar-refractivity contribution is -0.384. The summed E-state index contributed by atoms with van der Waals surface area (Å²) in [7, 11) is 0. The topological polar surface area (TPSA) is 111 Å². The van der Waals surface area contributed by atoms with Gasteiger partial charge in [0.1, 0.15) is 0 Å². The van der Waals surface area contributed by atoms with E-state index in [-0.39, 0.29) is 17.3 Å². The van der Waals surface area contributed by atoms with Crippen molar-refractivity contribution in [2.24, 2.45) is 0 Å². The van der Waals surface area contributed by atoms with Crippen molar-refractivity contribution in [1.29, 1.82) is 0 Å². The first-order valence-corrected chi connectivity index (χ1v) is 8.52. The van der Waals surface area contributed by atoms with E-state index in [4.69, 9.17) is 4.52 Å². The summed E-state index contributed by atoms with van der Waals surface area (Å²) in [5, 5.41) is 17.2. The second-order valence-corrected chi connectivity index (χ2v) is 5.24. The SMILES string of the molecule is CC.O=C(NCCc1ccncc1)c1cc(-c2ccc([N+](=O)[O-])cc2)on1. The minimum Gasteiger partial charge on any atom is -0.355 e. The van der Waals surface area contributed by atoms with Gasteiger partial charge in [0.2, 0.25) is 0 Å². The average Bonchev–Trinajstić information content (AvgIpc) is 3.21. The number of nitro benzene ring substituents is 1. The molecule has 0 radical (unpaired) electrons. The summed E-state index contributed by atoms with van der Waals surface area (Å²) >= 11 is 0. The van der Waals surface area contributed by atoms with Crippen molar-refractivity contribution < 1.29 is 14.2 Å². The molecule has 8 heteroatoms. The highest BCUT2D eigenvalue weighted by molar-refractivity contribution is 5.93. The monoisotopic (exact) mass is 368 g/mol. The molecule has 2 aromatic heterocycles. The van der Waals surface area contributed by atoms with Crippen LogP contribution in [0.2, 0.25) is 0 Å². The number of hydrogen-bond donors (Lipinski definition) is 1. The van der Waals surface area contributed by atoms with Gasteiger partial charge in [-0.05, 0) is 36.2 Å². The van der Waals surface area contributed by atoms with E-state index in [9.17, 15) is 14.9 Å². The summed E-state index contributed by atoms with van der Waals surface area (Å²) in [6.07, 6.45) is 4.08. The zero-order chi connectivity index (χ0) is 19.6. The van der Waals surface area contributed by atoms with Gasteiger partial charge in [-0.1, -0.05) is 19.0 Å². The van der Waals surface area contributed by atoms with Gasteiger partial charge in [0.25, 0.3) is 11.6 Å². The first-order valence-electron chi connectivity index (χ1n) is 8.52. The number of non-ortho nitro benzene ring substituents is 1. The molecule has 0 saturated heterocycles.